The summed E-state index contributed by atoms with van der Waals surface area (Å²) in [6, 6.07) is 6.17. The van der Waals surface area contributed by atoms with Gasteiger partial charge in [0.15, 0.2) is 11.9 Å². The van der Waals surface area contributed by atoms with E-state index in [1.54, 1.807) is 31.2 Å². The number of rotatable bonds is 5. The monoisotopic (exact) mass is 331 g/mol. The number of nitrogens with zero attached hydrogens (tertiary/aromatic N) is 1. The van der Waals surface area contributed by atoms with Crippen LogP contribution in [0.5, 0.6) is 0 Å². The number of H-pyrrole nitrogens is 1. The molecule has 0 saturated heterocycles. The van der Waals surface area contributed by atoms with Crippen LogP contribution in [0.15, 0.2) is 29.1 Å². The van der Waals surface area contributed by atoms with E-state index in [9.17, 15) is 14.4 Å². The standard InChI is InChI=1S/C17H21N3O4/c1-9(2)14(18-11(4)21)17(23)24-10(3)15-19-13-8-6-5-7-12(13)16(22)20-15/h5-10,14H,1-4H3,(H,18,21)(H,19,20,22)/t10-,14+/m0/s1. The van der Waals surface area contributed by atoms with E-state index < -0.39 is 18.1 Å². The van der Waals surface area contributed by atoms with Gasteiger partial charge in [0.25, 0.3) is 5.56 Å². The zero-order valence-corrected chi connectivity index (χ0v) is 14.1. The van der Waals surface area contributed by atoms with Gasteiger partial charge in [-0.05, 0) is 25.0 Å². The molecule has 0 radical (unpaired) electrons. The number of esters is 1. The van der Waals surface area contributed by atoms with E-state index in [1.807, 2.05) is 13.8 Å². The van der Waals surface area contributed by atoms with Gasteiger partial charge < -0.3 is 15.0 Å². The van der Waals surface area contributed by atoms with Crippen LogP contribution < -0.4 is 10.9 Å². The van der Waals surface area contributed by atoms with Crippen molar-refractivity contribution in [1.29, 1.82) is 0 Å². The molecule has 128 valence electrons. The molecule has 0 aliphatic rings. The van der Waals surface area contributed by atoms with Crippen LogP contribution in [0.25, 0.3) is 10.9 Å². The molecule has 1 aromatic heterocycles. The average Bonchev–Trinajstić information content (AvgIpc) is 2.52. The van der Waals surface area contributed by atoms with Gasteiger partial charge in [0.05, 0.1) is 10.9 Å². The number of amides is 1. The van der Waals surface area contributed by atoms with Gasteiger partial charge in [0.1, 0.15) is 6.04 Å². The predicted octanol–water partition coefficient (Wildman–Crippen LogP) is 1.69. The number of aromatic nitrogens is 2. The van der Waals surface area contributed by atoms with E-state index in [1.165, 1.54) is 6.92 Å². The smallest absolute Gasteiger partial charge is 0.329 e. The van der Waals surface area contributed by atoms with Gasteiger partial charge in [-0.15, -0.1) is 0 Å². The summed E-state index contributed by atoms with van der Waals surface area (Å²) in [6.45, 7) is 6.58. The molecule has 0 aliphatic carbocycles. The van der Waals surface area contributed by atoms with Gasteiger partial charge >= 0.3 is 5.97 Å². The number of benzene rings is 1. The molecule has 0 unspecified atom stereocenters. The molecule has 1 aromatic carbocycles. The SMILES string of the molecule is CC(=O)N[C@@H](C(=O)O[C@@H](C)c1nc2ccccc2c(=O)[nH]1)C(C)C. The first kappa shape index (κ1) is 17.7. The zero-order chi connectivity index (χ0) is 17.9. The highest BCUT2D eigenvalue weighted by atomic mass is 16.5. The minimum Gasteiger partial charge on any atom is -0.453 e. The quantitative estimate of drug-likeness (QED) is 0.812. The summed E-state index contributed by atoms with van der Waals surface area (Å²) in [5.74, 6) is -0.742. The number of hydrogen-bond acceptors (Lipinski definition) is 5. The number of fused-ring (bicyclic) bond motifs is 1. The normalized spacial score (nSPS) is 13.5. The van der Waals surface area contributed by atoms with Crippen molar-refractivity contribution in [3.8, 4) is 0 Å². The minimum atomic E-state index is -0.753. The Labute approximate surface area is 139 Å². The predicted molar refractivity (Wildman–Crippen MR) is 89.3 cm³/mol. The van der Waals surface area contributed by atoms with Crippen molar-refractivity contribution in [2.75, 3.05) is 0 Å². The fourth-order valence-electron chi connectivity index (χ4n) is 2.32. The third kappa shape index (κ3) is 3.98. The minimum absolute atomic E-state index is 0.128. The fraction of sp³-hybridized carbons (Fsp3) is 0.412. The molecule has 0 fully saturated rings. The van der Waals surface area contributed by atoms with Crippen molar-refractivity contribution in [1.82, 2.24) is 15.3 Å². The first-order valence-electron chi connectivity index (χ1n) is 7.76. The van der Waals surface area contributed by atoms with Crippen LogP contribution in [0.4, 0.5) is 0 Å². The van der Waals surface area contributed by atoms with E-state index in [0.29, 0.717) is 10.9 Å². The maximum atomic E-state index is 12.3. The molecule has 0 saturated carbocycles. The number of aromatic amines is 1. The Bertz CT molecular complexity index is 813. The Morgan fingerprint density at radius 2 is 1.88 bits per heavy atom. The first-order valence-corrected chi connectivity index (χ1v) is 7.76. The van der Waals surface area contributed by atoms with Crippen molar-refractivity contribution >= 4 is 22.8 Å². The number of ether oxygens (including phenoxy) is 1. The summed E-state index contributed by atoms with van der Waals surface area (Å²) in [5.41, 5.74) is 0.238. The van der Waals surface area contributed by atoms with E-state index in [4.69, 9.17) is 4.74 Å². The van der Waals surface area contributed by atoms with Crippen LogP contribution >= 0.6 is 0 Å². The van der Waals surface area contributed by atoms with Crippen molar-refractivity contribution in [3.63, 3.8) is 0 Å². The highest BCUT2D eigenvalue weighted by molar-refractivity contribution is 5.83. The van der Waals surface area contributed by atoms with Crippen molar-refractivity contribution < 1.29 is 14.3 Å². The number of para-hydroxylation sites is 1. The molecule has 2 aromatic rings. The second kappa shape index (κ2) is 7.25. The number of carbonyl (C=O) groups excluding carboxylic acids is 2. The van der Waals surface area contributed by atoms with Gasteiger partial charge in [0.2, 0.25) is 5.91 Å². The molecule has 2 atom stereocenters. The fourth-order valence-corrected chi connectivity index (χ4v) is 2.32. The third-order valence-electron chi connectivity index (χ3n) is 3.59. The van der Waals surface area contributed by atoms with Gasteiger partial charge in [-0.25, -0.2) is 9.78 Å². The Morgan fingerprint density at radius 3 is 2.50 bits per heavy atom. The summed E-state index contributed by atoms with van der Waals surface area (Å²) < 4.78 is 5.38. The molecule has 24 heavy (non-hydrogen) atoms. The van der Waals surface area contributed by atoms with Crippen LogP contribution in [0, 0.1) is 5.92 Å². The lowest BCUT2D eigenvalue weighted by Crippen LogP contribution is -2.44. The molecule has 7 nitrogen and oxygen atoms in total. The molecule has 7 heteroatoms. The number of carbonyl (C=O) groups is 2. The second-order valence-corrected chi connectivity index (χ2v) is 5.97. The maximum Gasteiger partial charge on any atom is 0.329 e. The number of nitrogens with one attached hydrogen (secondary N) is 2. The van der Waals surface area contributed by atoms with E-state index in [-0.39, 0.29) is 23.2 Å². The highest BCUT2D eigenvalue weighted by Gasteiger charge is 2.27. The van der Waals surface area contributed by atoms with Gasteiger partial charge in [-0.1, -0.05) is 26.0 Å². The molecule has 1 heterocycles. The summed E-state index contributed by atoms with van der Waals surface area (Å²) >= 11 is 0. The summed E-state index contributed by atoms with van der Waals surface area (Å²) in [6.07, 6.45) is -0.746. The molecular formula is C17H21N3O4. The van der Waals surface area contributed by atoms with Crippen LogP contribution in [0.3, 0.4) is 0 Å². The van der Waals surface area contributed by atoms with Crippen molar-refractivity contribution in [2.45, 2.75) is 39.8 Å². The van der Waals surface area contributed by atoms with Crippen LogP contribution in [-0.4, -0.2) is 27.9 Å². The van der Waals surface area contributed by atoms with Crippen molar-refractivity contribution in [2.24, 2.45) is 5.92 Å². The lowest BCUT2D eigenvalue weighted by Gasteiger charge is -2.22. The molecule has 1 amide bonds. The Balaban J connectivity index is 2.22. The topological polar surface area (TPSA) is 101 Å². The summed E-state index contributed by atoms with van der Waals surface area (Å²) in [4.78, 5) is 42.6. The van der Waals surface area contributed by atoms with Crippen LogP contribution in [0.1, 0.15) is 39.6 Å². The summed E-state index contributed by atoms with van der Waals surface area (Å²) in [7, 11) is 0. The molecule has 2 N–H and O–H groups in total. The molecular weight excluding hydrogens is 310 g/mol. The Kier molecular flexibility index (Phi) is 5.33. The Morgan fingerprint density at radius 1 is 1.21 bits per heavy atom. The lowest BCUT2D eigenvalue weighted by molar-refractivity contribution is -0.154. The third-order valence-corrected chi connectivity index (χ3v) is 3.59. The van der Waals surface area contributed by atoms with Crippen molar-refractivity contribution in [3.05, 3.63) is 40.4 Å². The van der Waals surface area contributed by atoms with Crippen LogP contribution in [-0.2, 0) is 14.3 Å². The number of hydrogen-bond donors (Lipinski definition) is 2. The average molecular weight is 331 g/mol. The highest BCUT2D eigenvalue weighted by Crippen LogP contribution is 2.16. The largest absolute Gasteiger partial charge is 0.453 e. The van der Waals surface area contributed by atoms with Gasteiger partial charge in [-0.3, -0.25) is 9.59 Å². The molecule has 0 aliphatic heterocycles. The summed E-state index contributed by atoms with van der Waals surface area (Å²) in [5, 5.41) is 3.04. The Hall–Kier alpha value is -2.70. The van der Waals surface area contributed by atoms with E-state index >= 15 is 0 Å². The molecule has 0 bridgehead atoms. The lowest BCUT2D eigenvalue weighted by atomic mass is 10.0. The maximum absolute atomic E-state index is 12.3. The van der Waals surface area contributed by atoms with Crippen LogP contribution in [0.2, 0.25) is 0 Å². The molecule has 0 spiro atoms. The van der Waals surface area contributed by atoms with Gasteiger partial charge in [0, 0.05) is 6.92 Å². The zero-order valence-electron chi connectivity index (χ0n) is 14.1. The second-order valence-electron chi connectivity index (χ2n) is 5.97. The first-order chi connectivity index (χ1) is 11.3. The van der Waals surface area contributed by atoms with Gasteiger partial charge in [-0.2, -0.15) is 0 Å². The molecule has 2 rings (SSSR count). The van der Waals surface area contributed by atoms with E-state index in [2.05, 4.69) is 15.3 Å². The van der Waals surface area contributed by atoms with E-state index in [0.717, 1.165) is 0 Å².